The Balaban J connectivity index is 1.56. The second kappa shape index (κ2) is 6.90. The Labute approximate surface area is 135 Å². The van der Waals surface area contributed by atoms with Crippen molar-refractivity contribution >= 4 is 17.5 Å². The second-order valence-corrected chi connectivity index (χ2v) is 5.85. The van der Waals surface area contributed by atoms with Gasteiger partial charge >= 0.3 is 0 Å². The van der Waals surface area contributed by atoms with Gasteiger partial charge in [-0.2, -0.15) is 0 Å². The number of benzene rings is 1. The molecule has 1 amide bonds. The van der Waals surface area contributed by atoms with E-state index in [2.05, 4.69) is 34.1 Å². The van der Waals surface area contributed by atoms with Crippen LogP contribution in [0.15, 0.2) is 48.7 Å². The van der Waals surface area contributed by atoms with E-state index in [-0.39, 0.29) is 5.91 Å². The number of carbonyl (C=O) groups is 1. The Hall–Kier alpha value is -1.91. The maximum Gasteiger partial charge on any atom is 0.272 e. The first-order valence-corrected chi connectivity index (χ1v) is 7.77. The third-order valence-corrected chi connectivity index (χ3v) is 4.08. The van der Waals surface area contributed by atoms with Crippen molar-refractivity contribution in [1.29, 1.82) is 0 Å². The second-order valence-electron chi connectivity index (χ2n) is 5.41. The molecular weight excluding hydrogens is 298 g/mol. The molecule has 0 bridgehead atoms. The van der Waals surface area contributed by atoms with E-state index in [1.807, 2.05) is 11.0 Å². The van der Waals surface area contributed by atoms with Crippen LogP contribution in [0.4, 0.5) is 0 Å². The molecule has 1 aliphatic rings. The zero-order valence-corrected chi connectivity index (χ0v) is 13.0. The normalized spacial score (nSPS) is 15.8. The van der Waals surface area contributed by atoms with Crippen molar-refractivity contribution in [2.45, 2.75) is 6.54 Å². The zero-order valence-electron chi connectivity index (χ0n) is 12.3. The predicted molar refractivity (Wildman–Crippen MR) is 86.9 cm³/mol. The molecule has 2 heterocycles. The minimum atomic E-state index is -0.0399. The Kier molecular flexibility index (Phi) is 4.71. The van der Waals surface area contributed by atoms with Gasteiger partial charge in [-0.05, 0) is 17.7 Å². The van der Waals surface area contributed by atoms with Crippen LogP contribution >= 0.6 is 11.6 Å². The van der Waals surface area contributed by atoms with E-state index in [0.29, 0.717) is 10.7 Å². The molecule has 1 aliphatic heterocycles. The van der Waals surface area contributed by atoms with Gasteiger partial charge in [-0.25, -0.2) is 0 Å². The number of hydrogen-bond donors (Lipinski definition) is 0. The average molecular weight is 316 g/mol. The lowest BCUT2D eigenvalue weighted by Gasteiger charge is -2.34. The molecule has 22 heavy (non-hydrogen) atoms. The van der Waals surface area contributed by atoms with Gasteiger partial charge in [0.2, 0.25) is 0 Å². The molecule has 0 N–H and O–H groups in total. The van der Waals surface area contributed by atoms with Crippen LogP contribution in [0.2, 0.25) is 5.02 Å². The molecule has 0 radical (unpaired) electrons. The van der Waals surface area contributed by atoms with Gasteiger partial charge in [0, 0.05) is 43.9 Å². The van der Waals surface area contributed by atoms with Gasteiger partial charge in [-0.1, -0.05) is 41.9 Å². The number of rotatable bonds is 3. The van der Waals surface area contributed by atoms with Crippen LogP contribution in [-0.4, -0.2) is 46.9 Å². The Morgan fingerprint density at radius 1 is 1.09 bits per heavy atom. The van der Waals surface area contributed by atoms with E-state index < -0.39 is 0 Å². The lowest BCUT2D eigenvalue weighted by molar-refractivity contribution is 0.0623. The number of amides is 1. The van der Waals surface area contributed by atoms with Crippen molar-refractivity contribution in [3.05, 3.63) is 64.9 Å². The smallest absolute Gasteiger partial charge is 0.272 e. The maximum atomic E-state index is 12.4. The molecule has 0 spiro atoms. The summed E-state index contributed by atoms with van der Waals surface area (Å²) >= 11 is 5.92. The van der Waals surface area contributed by atoms with E-state index in [1.54, 1.807) is 18.3 Å². The van der Waals surface area contributed by atoms with E-state index >= 15 is 0 Å². The van der Waals surface area contributed by atoms with Crippen LogP contribution in [0.1, 0.15) is 16.1 Å². The molecule has 0 atom stereocenters. The summed E-state index contributed by atoms with van der Waals surface area (Å²) in [4.78, 5) is 20.7. The topological polar surface area (TPSA) is 36.4 Å². The highest BCUT2D eigenvalue weighted by atomic mass is 35.5. The van der Waals surface area contributed by atoms with Gasteiger partial charge in [-0.3, -0.25) is 14.7 Å². The highest BCUT2D eigenvalue weighted by molar-refractivity contribution is 6.30. The van der Waals surface area contributed by atoms with Crippen LogP contribution in [0.3, 0.4) is 0 Å². The lowest BCUT2D eigenvalue weighted by Crippen LogP contribution is -2.48. The van der Waals surface area contributed by atoms with Gasteiger partial charge in [0.1, 0.15) is 5.69 Å². The standard InChI is InChI=1S/C17H18ClN3O/c18-15-6-7-19-16(12-15)17(22)21-10-8-20(9-11-21)13-14-4-2-1-3-5-14/h1-7,12H,8-11,13H2. The fourth-order valence-electron chi connectivity index (χ4n) is 2.63. The van der Waals surface area contributed by atoms with Gasteiger partial charge in [-0.15, -0.1) is 0 Å². The maximum absolute atomic E-state index is 12.4. The summed E-state index contributed by atoms with van der Waals surface area (Å²) in [6.45, 7) is 4.13. The third kappa shape index (κ3) is 3.64. The van der Waals surface area contributed by atoms with Gasteiger partial charge in [0.25, 0.3) is 5.91 Å². The van der Waals surface area contributed by atoms with Crippen molar-refractivity contribution in [3.63, 3.8) is 0 Å². The van der Waals surface area contributed by atoms with Crippen LogP contribution in [0, 0.1) is 0 Å². The van der Waals surface area contributed by atoms with Crippen LogP contribution in [0.5, 0.6) is 0 Å². The first kappa shape index (κ1) is 15.0. The zero-order chi connectivity index (χ0) is 15.4. The van der Waals surface area contributed by atoms with Gasteiger partial charge in [0.05, 0.1) is 0 Å². The molecule has 0 aliphatic carbocycles. The number of hydrogen-bond acceptors (Lipinski definition) is 3. The van der Waals surface area contributed by atoms with Gasteiger partial charge < -0.3 is 4.90 Å². The molecule has 5 heteroatoms. The molecule has 114 valence electrons. The van der Waals surface area contributed by atoms with E-state index in [0.717, 1.165) is 32.7 Å². The third-order valence-electron chi connectivity index (χ3n) is 3.85. The van der Waals surface area contributed by atoms with Crippen molar-refractivity contribution in [2.75, 3.05) is 26.2 Å². The summed E-state index contributed by atoms with van der Waals surface area (Å²) in [6.07, 6.45) is 1.57. The number of pyridine rings is 1. The van der Waals surface area contributed by atoms with E-state index in [9.17, 15) is 4.79 Å². The molecule has 4 nitrogen and oxygen atoms in total. The largest absolute Gasteiger partial charge is 0.335 e. The molecule has 0 unspecified atom stereocenters. The first-order chi connectivity index (χ1) is 10.7. The minimum absolute atomic E-state index is 0.0399. The molecule has 1 fully saturated rings. The SMILES string of the molecule is O=C(c1cc(Cl)ccn1)N1CCN(Cc2ccccc2)CC1. The van der Waals surface area contributed by atoms with Crippen LogP contribution in [-0.2, 0) is 6.54 Å². The van der Waals surface area contributed by atoms with Crippen molar-refractivity contribution in [1.82, 2.24) is 14.8 Å². The monoisotopic (exact) mass is 315 g/mol. The molecular formula is C17H18ClN3O. The number of piperazine rings is 1. The van der Waals surface area contributed by atoms with Crippen LogP contribution < -0.4 is 0 Å². The fraction of sp³-hybridized carbons (Fsp3) is 0.294. The Morgan fingerprint density at radius 3 is 2.50 bits per heavy atom. The molecule has 1 saturated heterocycles. The minimum Gasteiger partial charge on any atom is -0.335 e. The van der Waals surface area contributed by atoms with Crippen molar-refractivity contribution in [2.24, 2.45) is 0 Å². The summed E-state index contributed by atoms with van der Waals surface area (Å²) < 4.78 is 0. The highest BCUT2D eigenvalue weighted by Crippen LogP contribution is 2.13. The fourth-order valence-corrected chi connectivity index (χ4v) is 2.79. The lowest BCUT2D eigenvalue weighted by atomic mass is 10.2. The number of nitrogens with zero attached hydrogens (tertiary/aromatic N) is 3. The van der Waals surface area contributed by atoms with Crippen LogP contribution in [0.25, 0.3) is 0 Å². The molecule has 3 rings (SSSR count). The van der Waals surface area contributed by atoms with E-state index in [1.165, 1.54) is 5.56 Å². The predicted octanol–water partition coefficient (Wildman–Crippen LogP) is 2.69. The number of aromatic nitrogens is 1. The Morgan fingerprint density at radius 2 is 1.82 bits per heavy atom. The highest BCUT2D eigenvalue weighted by Gasteiger charge is 2.22. The Bertz CT molecular complexity index is 639. The van der Waals surface area contributed by atoms with Crippen molar-refractivity contribution < 1.29 is 4.79 Å². The summed E-state index contributed by atoms with van der Waals surface area (Å²) in [5, 5.41) is 0.543. The molecule has 2 aromatic rings. The summed E-state index contributed by atoms with van der Waals surface area (Å²) in [6, 6.07) is 13.7. The summed E-state index contributed by atoms with van der Waals surface area (Å²) in [5.41, 5.74) is 1.72. The summed E-state index contributed by atoms with van der Waals surface area (Å²) in [7, 11) is 0. The molecule has 0 saturated carbocycles. The van der Waals surface area contributed by atoms with Gasteiger partial charge in [0.15, 0.2) is 0 Å². The van der Waals surface area contributed by atoms with E-state index in [4.69, 9.17) is 11.6 Å². The first-order valence-electron chi connectivity index (χ1n) is 7.39. The summed E-state index contributed by atoms with van der Waals surface area (Å²) in [5.74, 6) is -0.0399. The van der Waals surface area contributed by atoms with Crippen molar-refractivity contribution in [3.8, 4) is 0 Å². The average Bonchev–Trinajstić information content (AvgIpc) is 2.56. The number of halogens is 1. The molecule has 1 aromatic heterocycles. The quantitative estimate of drug-likeness (QED) is 0.874. The molecule has 1 aromatic carbocycles. The number of carbonyl (C=O) groups excluding carboxylic acids is 1.